The first kappa shape index (κ1) is 11.6. The maximum atomic E-state index is 11.7. The monoisotopic (exact) mass is 244 g/mol. The van der Waals surface area contributed by atoms with Crippen molar-refractivity contribution in [2.24, 2.45) is 0 Å². The normalized spacial score (nSPS) is 23.7. The number of sulfone groups is 1. The van der Waals surface area contributed by atoms with Crippen molar-refractivity contribution in [2.75, 3.05) is 19.3 Å². The van der Waals surface area contributed by atoms with Crippen LogP contribution in [0.15, 0.2) is 10.7 Å². The molecule has 0 saturated carbocycles. The lowest BCUT2D eigenvalue weighted by Gasteiger charge is -2.02. The van der Waals surface area contributed by atoms with Gasteiger partial charge in [0.2, 0.25) is 5.89 Å². The number of nitrogens with zero attached hydrogens (tertiary/aromatic N) is 1. The fraction of sp³-hybridized carbons (Fsp3) is 0.700. The Kier molecular flexibility index (Phi) is 3.30. The summed E-state index contributed by atoms with van der Waals surface area (Å²) in [4.78, 5) is 4.24. The molecule has 1 saturated heterocycles. The maximum absolute atomic E-state index is 11.7. The molecular formula is C10H16N2O3S. The number of nitrogens with one attached hydrogen (secondary N) is 1. The molecule has 0 spiro atoms. The molecule has 6 heteroatoms. The SMILES string of the molecule is CNCCc1coc(C2CCCS2(=O)=O)n1. The average Bonchev–Trinajstić information content (AvgIpc) is 2.81. The summed E-state index contributed by atoms with van der Waals surface area (Å²) >= 11 is 0. The predicted molar refractivity (Wildman–Crippen MR) is 59.9 cm³/mol. The lowest BCUT2D eigenvalue weighted by atomic mass is 10.2. The third-order valence-corrected chi connectivity index (χ3v) is 4.97. The van der Waals surface area contributed by atoms with Crippen molar-refractivity contribution in [3.8, 4) is 0 Å². The third kappa shape index (κ3) is 2.27. The highest BCUT2D eigenvalue weighted by Gasteiger charge is 2.36. The van der Waals surface area contributed by atoms with Crippen molar-refractivity contribution in [1.29, 1.82) is 0 Å². The molecule has 5 nitrogen and oxygen atoms in total. The van der Waals surface area contributed by atoms with Crippen molar-refractivity contribution in [3.05, 3.63) is 17.8 Å². The Morgan fingerprint density at radius 1 is 1.62 bits per heavy atom. The standard InChI is InChI=1S/C10H16N2O3S/c1-11-5-4-8-7-15-10(12-8)9-3-2-6-16(9,13)14/h7,9,11H,2-6H2,1H3. The van der Waals surface area contributed by atoms with Crippen LogP contribution in [0.25, 0.3) is 0 Å². The van der Waals surface area contributed by atoms with E-state index in [-0.39, 0.29) is 5.75 Å². The second-order valence-corrected chi connectivity index (χ2v) is 6.33. The summed E-state index contributed by atoms with van der Waals surface area (Å²) in [6.45, 7) is 0.809. The van der Waals surface area contributed by atoms with Crippen LogP contribution >= 0.6 is 0 Å². The van der Waals surface area contributed by atoms with Crippen LogP contribution in [0.1, 0.15) is 29.7 Å². The molecule has 2 rings (SSSR count). The van der Waals surface area contributed by atoms with Gasteiger partial charge in [0, 0.05) is 13.0 Å². The molecule has 0 bridgehead atoms. The highest BCUT2D eigenvalue weighted by atomic mass is 32.2. The smallest absolute Gasteiger partial charge is 0.212 e. The zero-order valence-electron chi connectivity index (χ0n) is 9.27. The average molecular weight is 244 g/mol. The number of aromatic nitrogens is 1. The molecule has 2 heterocycles. The Hall–Kier alpha value is -0.880. The van der Waals surface area contributed by atoms with E-state index in [9.17, 15) is 8.42 Å². The molecule has 1 N–H and O–H groups in total. The van der Waals surface area contributed by atoms with Crippen molar-refractivity contribution in [1.82, 2.24) is 10.3 Å². The van der Waals surface area contributed by atoms with Gasteiger partial charge in [0.1, 0.15) is 11.5 Å². The number of oxazole rings is 1. The Bertz CT molecular complexity index is 452. The van der Waals surface area contributed by atoms with Gasteiger partial charge >= 0.3 is 0 Å². The number of rotatable bonds is 4. The van der Waals surface area contributed by atoms with Crippen molar-refractivity contribution < 1.29 is 12.8 Å². The first-order valence-corrected chi connectivity index (χ1v) is 7.15. The topological polar surface area (TPSA) is 72.2 Å². The van der Waals surface area contributed by atoms with E-state index in [2.05, 4.69) is 10.3 Å². The van der Waals surface area contributed by atoms with Gasteiger partial charge in [0.05, 0.1) is 11.4 Å². The maximum Gasteiger partial charge on any atom is 0.212 e. The number of likely N-dealkylation sites (N-methyl/N-ethyl adjacent to an activating group) is 1. The van der Waals surface area contributed by atoms with E-state index < -0.39 is 15.1 Å². The molecule has 1 atom stereocenters. The Balaban J connectivity index is 2.13. The molecular weight excluding hydrogens is 228 g/mol. The minimum Gasteiger partial charge on any atom is -0.447 e. The van der Waals surface area contributed by atoms with Crippen LogP contribution < -0.4 is 5.32 Å². The van der Waals surface area contributed by atoms with Crippen LogP contribution in [0.5, 0.6) is 0 Å². The van der Waals surface area contributed by atoms with Gasteiger partial charge in [-0.1, -0.05) is 0 Å². The highest BCUT2D eigenvalue weighted by molar-refractivity contribution is 7.91. The molecule has 1 unspecified atom stereocenters. The largest absolute Gasteiger partial charge is 0.447 e. The van der Waals surface area contributed by atoms with Gasteiger partial charge in [-0.2, -0.15) is 0 Å². The fourth-order valence-electron chi connectivity index (χ4n) is 1.91. The summed E-state index contributed by atoms with van der Waals surface area (Å²) in [6.07, 6.45) is 3.66. The Morgan fingerprint density at radius 2 is 2.44 bits per heavy atom. The minimum absolute atomic E-state index is 0.256. The molecule has 1 aromatic heterocycles. The van der Waals surface area contributed by atoms with Crippen LogP contribution in [-0.2, 0) is 16.3 Å². The molecule has 90 valence electrons. The van der Waals surface area contributed by atoms with Gasteiger partial charge in [-0.15, -0.1) is 0 Å². The predicted octanol–water partition coefficient (Wildman–Crippen LogP) is 0.686. The first-order valence-electron chi connectivity index (χ1n) is 5.44. The summed E-state index contributed by atoms with van der Waals surface area (Å²) in [5, 5.41) is 2.49. The van der Waals surface area contributed by atoms with E-state index in [1.165, 1.54) is 0 Å². The summed E-state index contributed by atoms with van der Waals surface area (Å²) in [5.74, 6) is 0.620. The van der Waals surface area contributed by atoms with Crippen molar-refractivity contribution in [3.63, 3.8) is 0 Å². The summed E-state index contributed by atoms with van der Waals surface area (Å²) < 4.78 is 28.6. The van der Waals surface area contributed by atoms with E-state index in [1.54, 1.807) is 6.26 Å². The lowest BCUT2D eigenvalue weighted by molar-refractivity contribution is 0.476. The molecule has 1 aliphatic rings. The fourth-order valence-corrected chi connectivity index (χ4v) is 3.70. The van der Waals surface area contributed by atoms with E-state index in [0.29, 0.717) is 18.7 Å². The highest BCUT2D eigenvalue weighted by Crippen LogP contribution is 2.33. The van der Waals surface area contributed by atoms with Crippen LogP contribution in [0.4, 0.5) is 0 Å². The molecule has 1 aromatic rings. The molecule has 0 radical (unpaired) electrons. The van der Waals surface area contributed by atoms with Crippen molar-refractivity contribution in [2.45, 2.75) is 24.5 Å². The van der Waals surface area contributed by atoms with E-state index in [0.717, 1.165) is 18.7 Å². The molecule has 0 aromatic carbocycles. The summed E-state index contributed by atoms with van der Waals surface area (Å²) in [5.41, 5.74) is 0.812. The molecule has 1 aliphatic heterocycles. The van der Waals surface area contributed by atoms with Crippen LogP contribution in [0.3, 0.4) is 0 Å². The zero-order valence-corrected chi connectivity index (χ0v) is 10.1. The quantitative estimate of drug-likeness (QED) is 0.843. The second-order valence-electron chi connectivity index (χ2n) is 4.03. The van der Waals surface area contributed by atoms with Gasteiger partial charge in [-0.05, 0) is 19.9 Å². The van der Waals surface area contributed by atoms with Crippen molar-refractivity contribution >= 4 is 9.84 Å². The lowest BCUT2D eigenvalue weighted by Crippen LogP contribution is -2.11. The number of hydrogen-bond donors (Lipinski definition) is 1. The number of hydrogen-bond acceptors (Lipinski definition) is 5. The van der Waals surface area contributed by atoms with Crippen LogP contribution in [0.2, 0.25) is 0 Å². The van der Waals surface area contributed by atoms with E-state index in [4.69, 9.17) is 4.42 Å². The van der Waals surface area contributed by atoms with Crippen LogP contribution in [-0.4, -0.2) is 32.7 Å². The molecule has 1 fully saturated rings. The van der Waals surface area contributed by atoms with Gasteiger partial charge in [-0.25, -0.2) is 13.4 Å². The van der Waals surface area contributed by atoms with Gasteiger partial charge in [-0.3, -0.25) is 0 Å². The first-order chi connectivity index (χ1) is 7.63. The van der Waals surface area contributed by atoms with Gasteiger partial charge in [0.15, 0.2) is 9.84 Å². The Labute approximate surface area is 95.2 Å². The second kappa shape index (κ2) is 4.55. The third-order valence-electron chi connectivity index (χ3n) is 2.80. The van der Waals surface area contributed by atoms with E-state index in [1.807, 2.05) is 7.05 Å². The van der Waals surface area contributed by atoms with E-state index >= 15 is 0 Å². The molecule has 0 amide bonds. The summed E-state index contributed by atoms with van der Waals surface area (Å²) in [7, 11) is -1.16. The molecule has 16 heavy (non-hydrogen) atoms. The minimum atomic E-state index is -3.02. The van der Waals surface area contributed by atoms with Gasteiger partial charge < -0.3 is 9.73 Å². The zero-order chi connectivity index (χ0) is 11.6. The summed E-state index contributed by atoms with van der Waals surface area (Å²) in [6, 6.07) is 0. The van der Waals surface area contributed by atoms with Gasteiger partial charge in [0.25, 0.3) is 0 Å². The van der Waals surface area contributed by atoms with Crippen LogP contribution in [0, 0.1) is 0 Å². The molecule has 0 aliphatic carbocycles. The Morgan fingerprint density at radius 3 is 3.06 bits per heavy atom.